The Hall–Kier alpha value is -4.50. The molecule has 8 bridgehead atoms. The standard InChI is InChI=1S/C27H20N6O2S/c1-35-27-24-10-19(14-30-27)17-5-6-23-22(9-17)25(32-15-31-23)20-7-16(11-28-13-20)12-29-26(34)18-3-2-4-21(8-18)36-33-24/h2-11,13-15,33H,12H2,1H3,(H,29,34). The number of hydrogen-bond donors (Lipinski definition) is 2. The third kappa shape index (κ3) is 4.20. The van der Waals surface area contributed by atoms with Crippen LogP contribution in [0.4, 0.5) is 5.69 Å². The Bertz CT molecular complexity index is 1620. The van der Waals surface area contributed by atoms with Crippen LogP contribution in [0.25, 0.3) is 33.3 Å². The summed E-state index contributed by atoms with van der Waals surface area (Å²) < 4.78 is 8.81. The molecular formula is C27H20N6O2S. The first-order chi connectivity index (χ1) is 17.7. The van der Waals surface area contributed by atoms with Crippen LogP contribution in [0.1, 0.15) is 15.9 Å². The molecule has 9 heteroatoms. The van der Waals surface area contributed by atoms with Crippen molar-refractivity contribution in [3.05, 3.63) is 90.6 Å². The van der Waals surface area contributed by atoms with Crippen LogP contribution < -0.4 is 14.8 Å². The second-order valence-corrected chi connectivity index (χ2v) is 9.11. The average molecular weight is 493 g/mol. The van der Waals surface area contributed by atoms with Crippen LogP contribution in [-0.2, 0) is 6.54 Å². The molecular weight excluding hydrogens is 472 g/mol. The van der Waals surface area contributed by atoms with Crippen LogP contribution in [0.3, 0.4) is 0 Å². The van der Waals surface area contributed by atoms with Crippen molar-refractivity contribution in [1.29, 1.82) is 0 Å². The highest BCUT2D eigenvalue weighted by molar-refractivity contribution is 8.00. The lowest BCUT2D eigenvalue weighted by molar-refractivity contribution is 0.0950. The number of aromatic nitrogens is 4. The molecule has 0 fully saturated rings. The Labute approximate surface area is 211 Å². The Morgan fingerprint density at radius 1 is 0.889 bits per heavy atom. The predicted molar refractivity (Wildman–Crippen MR) is 140 cm³/mol. The van der Waals surface area contributed by atoms with E-state index < -0.39 is 0 Å². The number of carbonyl (C=O) groups excluding carboxylic acids is 1. The van der Waals surface area contributed by atoms with Crippen molar-refractivity contribution in [2.45, 2.75) is 11.4 Å². The molecule has 4 heterocycles. The second-order valence-electron chi connectivity index (χ2n) is 8.23. The summed E-state index contributed by atoms with van der Waals surface area (Å²) in [5.41, 5.74) is 6.49. The first-order valence-electron chi connectivity index (χ1n) is 11.2. The molecule has 0 radical (unpaired) electrons. The van der Waals surface area contributed by atoms with Crippen molar-refractivity contribution in [3.8, 4) is 28.3 Å². The molecule has 1 amide bonds. The topological polar surface area (TPSA) is 102 Å². The van der Waals surface area contributed by atoms with E-state index >= 15 is 0 Å². The number of nitrogens with zero attached hydrogens (tertiary/aromatic N) is 4. The van der Waals surface area contributed by atoms with Crippen LogP contribution in [0.15, 0.2) is 84.4 Å². The zero-order valence-electron chi connectivity index (χ0n) is 19.2. The number of nitrogens with one attached hydrogen (secondary N) is 2. The van der Waals surface area contributed by atoms with E-state index in [4.69, 9.17) is 4.74 Å². The number of carbonyl (C=O) groups is 1. The first kappa shape index (κ1) is 22.0. The van der Waals surface area contributed by atoms with Gasteiger partial charge in [0.15, 0.2) is 0 Å². The van der Waals surface area contributed by atoms with Gasteiger partial charge in [0, 0.05) is 52.1 Å². The third-order valence-corrected chi connectivity index (χ3v) is 6.72. The molecule has 0 aliphatic carbocycles. The van der Waals surface area contributed by atoms with Crippen molar-refractivity contribution in [3.63, 3.8) is 0 Å². The van der Waals surface area contributed by atoms with E-state index in [9.17, 15) is 4.79 Å². The molecule has 0 spiro atoms. The van der Waals surface area contributed by atoms with Gasteiger partial charge in [-0.1, -0.05) is 12.1 Å². The van der Waals surface area contributed by atoms with Crippen LogP contribution in [0.5, 0.6) is 5.88 Å². The normalized spacial score (nSPS) is 12.9. The van der Waals surface area contributed by atoms with Crippen LogP contribution in [0, 0.1) is 0 Å². The first-order valence-corrected chi connectivity index (χ1v) is 12.0. The van der Waals surface area contributed by atoms with Crippen molar-refractivity contribution < 1.29 is 9.53 Å². The van der Waals surface area contributed by atoms with Crippen molar-refractivity contribution in [2.75, 3.05) is 11.8 Å². The number of amides is 1. The summed E-state index contributed by atoms with van der Waals surface area (Å²) in [7, 11) is 1.59. The van der Waals surface area contributed by atoms with E-state index in [1.165, 1.54) is 11.9 Å². The van der Waals surface area contributed by atoms with Gasteiger partial charge in [-0.25, -0.2) is 15.0 Å². The Morgan fingerprint density at radius 3 is 2.75 bits per heavy atom. The fourth-order valence-electron chi connectivity index (χ4n) is 4.12. The number of ether oxygens (including phenoxy) is 1. The van der Waals surface area contributed by atoms with Gasteiger partial charge in [0.1, 0.15) is 12.0 Å². The lowest BCUT2D eigenvalue weighted by Crippen LogP contribution is -2.22. The van der Waals surface area contributed by atoms with E-state index in [1.807, 2.05) is 42.5 Å². The summed E-state index contributed by atoms with van der Waals surface area (Å²) in [4.78, 5) is 31.7. The Morgan fingerprint density at radius 2 is 1.83 bits per heavy atom. The Balaban J connectivity index is 1.54. The number of rotatable bonds is 1. The number of benzene rings is 2. The van der Waals surface area contributed by atoms with Gasteiger partial charge >= 0.3 is 0 Å². The molecule has 0 saturated heterocycles. The van der Waals surface area contributed by atoms with E-state index in [-0.39, 0.29) is 5.91 Å². The fraction of sp³-hybridized carbons (Fsp3) is 0.0741. The zero-order valence-corrected chi connectivity index (χ0v) is 20.0. The highest BCUT2D eigenvalue weighted by Gasteiger charge is 2.14. The van der Waals surface area contributed by atoms with Crippen molar-refractivity contribution in [1.82, 2.24) is 25.3 Å². The summed E-state index contributed by atoms with van der Waals surface area (Å²) in [6.45, 7) is 0.344. The molecule has 6 rings (SSSR count). The summed E-state index contributed by atoms with van der Waals surface area (Å²) in [5.74, 6) is 0.310. The molecule has 2 aromatic carbocycles. The molecule has 3 aromatic heterocycles. The largest absolute Gasteiger partial charge is 0.480 e. The lowest BCUT2D eigenvalue weighted by Gasteiger charge is -2.13. The van der Waals surface area contributed by atoms with Gasteiger partial charge < -0.3 is 14.8 Å². The van der Waals surface area contributed by atoms with Gasteiger partial charge in [0.05, 0.1) is 18.3 Å². The van der Waals surface area contributed by atoms with Crippen LogP contribution >= 0.6 is 11.9 Å². The zero-order chi connectivity index (χ0) is 24.5. The molecule has 0 atom stereocenters. The number of methoxy groups -OCH3 is 1. The molecule has 8 nitrogen and oxygen atoms in total. The maximum Gasteiger partial charge on any atom is 0.251 e. The van der Waals surface area contributed by atoms with Crippen molar-refractivity contribution >= 4 is 34.4 Å². The maximum absolute atomic E-state index is 12.9. The van der Waals surface area contributed by atoms with Gasteiger partial charge in [-0.2, -0.15) is 0 Å². The number of hydrogen-bond acceptors (Lipinski definition) is 8. The summed E-state index contributed by atoms with van der Waals surface area (Å²) in [6.07, 6.45) is 6.86. The SMILES string of the molecule is COc1ncc2cc1NSc1cccc(c1)C(=O)NCc1cncc(c1)-c1ncnc3ccc-2cc13. The van der Waals surface area contributed by atoms with E-state index in [2.05, 4.69) is 36.0 Å². The summed E-state index contributed by atoms with van der Waals surface area (Å²) >= 11 is 1.38. The maximum atomic E-state index is 12.9. The minimum Gasteiger partial charge on any atom is -0.480 e. The molecule has 36 heavy (non-hydrogen) atoms. The molecule has 0 saturated carbocycles. The highest BCUT2D eigenvalue weighted by atomic mass is 32.2. The molecule has 0 unspecified atom stereocenters. The Kier molecular flexibility index (Phi) is 5.67. The monoisotopic (exact) mass is 492 g/mol. The summed E-state index contributed by atoms with van der Waals surface area (Å²) in [6, 6.07) is 17.5. The van der Waals surface area contributed by atoms with E-state index in [0.29, 0.717) is 18.0 Å². The fourth-order valence-corrected chi connectivity index (χ4v) is 4.83. The smallest absolute Gasteiger partial charge is 0.251 e. The predicted octanol–water partition coefficient (Wildman–Crippen LogP) is 5.13. The van der Waals surface area contributed by atoms with Gasteiger partial charge in [-0.15, -0.1) is 0 Å². The van der Waals surface area contributed by atoms with Gasteiger partial charge in [0.2, 0.25) is 5.88 Å². The minimum atomic E-state index is -0.164. The quantitative estimate of drug-likeness (QED) is 0.311. The second kappa shape index (κ2) is 9.27. The highest BCUT2D eigenvalue weighted by Crippen LogP contribution is 2.34. The molecule has 2 N–H and O–H groups in total. The molecule has 176 valence electrons. The van der Waals surface area contributed by atoms with Crippen LogP contribution in [0.2, 0.25) is 0 Å². The van der Waals surface area contributed by atoms with Crippen molar-refractivity contribution in [2.24, 2.45) is 0 Å². The number of anilines is 1. The van der Waals surface area contributed by atoms with Gasteiger partial charge in [-0.3, -0.25) is 9.78 Å². The van der Waals surface area contributed by atoms with Gasteiger partial charge in [-0.05, 0) is 65.5 Å². The van der Waals surface area contributed by atoms with Crippen LogP contribution in [-0.4, -0.2) is 33.0 Å². The van der Waals surface area contributed by atoms with E-state index in [0.717, 1.165) is 49.4 Å². The van der Waals surface area contributed by atoms with E-state index in [1.54, 1.807) is 38.1 Å². The summed E-state index contributed by atoms with van der Waals surface area (Å²) in [5, 5.41) is 3.88. The molecule has 1 aliphatic heterocycles. The lowest BCUT2D eigenvalue weighted by atomic mass is 10.0. The minimum absolute atomic E-state index is 0.164. The van der Waals surface area contributed by atoms with Gasteiger partial charge in [0.25, 0.3) is 5.91 Å². The number of pyridine rings is 2. The number of fused-ring (bicyclic) bond motifs is 9. The molecule has 1 aliphatic rings. The average Bonchev–Trinajstić information content (AvgIpc) is 2.94. The molecule has 5 aromatic rings. The third-order valence-electron chi connectivity index (χ3n) is 5.91.